The summed E-state index contributed by atoms with van der Waals surface area (Å²) in [6.07, 6.45) is 3.07. The lowest BCUT2D eigenvalue weighted by molar-refractivity contribution is -0.140. The number of hydrogen-bond donors (Lipinski definition) is 0. The number of hydrogen-bond acceptors (Lipinski definition) is 4. The Labute approximate surface area is 161 Å². The van der Waals surface area contributed by atoms with Gasteiger partial charge in [0.05, 0.1) is 25.4 Å². The number of ether oxygens (including phenoxy) is 1. The first-order valence-corrected chi connectivity index (χ1v) is 9.89. The van der Waals surface area contributed by atoms with Crippen LogP contribution in [0.3, 0.4) is 0 Å². The van der Waals surface area contributed by atoms with Crippen LogP contribution in [0.2, 0.25) is 0 Å². The molecule has 142 valence electrons. The summed E-state index contributed by atoms with van der Waals surface area (Å²) in [4.78, 5) is 21.7. The summed E-state index contributed by atoms with van der Waals surface area (Å²) in [6.45, 7) is 4.46. The minimum absolute atomic E-state index is 0.142. The van der Waals surface area contributed by atoms with Gasteiger partial charge in [0.2, 0.25) is 5.91 Å². The van der Waals surface area contributed by atoms with Gasteiger partial charge in [-0.05, 0) is 43.6 Å². The number of benzene rings is 1. The predicted octanol–water partition coefficient (Wildman–Crippen LogP) is 2.67. The molecular formula is C22H27N3O2. The average Bonchev–Trinajstić information content (AvgIpc) is 3.22. The van der Waals surface area contributed by atoms with Crippen LogP contribution < -0.4 is 0 Å². The van der Waals surface area contributed by atoms with E-state index in [-0.39, 0.29) is 12.0 Å². The largest absolute Gasteiger partial charge is 0.368 e. The fraction of sp³-hybridized carbons (Fsp3) is 0.455. The molecule has 5 nitrogen and oxygen atoms in total. The van der Waals surface area contributed by atoms with Crippen molar-refractivity contribution in [1.82, 2.24) is 14.8 Å². The molecule has 0 N–H and O–H groups in total. The highest BCUT2D eigenvalue weighted by Gasteiger charge is 2.27. The first kappa shape index (κ1) is 18.1. The lowest BCUT2D eigenvalue weighted by Gasteiger charge is -2.33. The summed E-state index contributed by atoms with van der Waals surface area (Å²) in [5.74, 6) is 0.214. The third-order valence-corrected chi connectivity index (χ3v) is 5.36. The van der Waals surface area contributed by atoms with E-state index in [1.165, 1.54) is 18.4 Å². The molecule has 1 atom stereocenters. The molecule has 2 aliphatic heterocycles. The summed E-state index contributed by atoms with van der Waals surface area (Å²) in [5, 5.41) is 0. The quantitative estimate of drug-likeness (QED) is 0.817. The Morgan fingerprint density at radius 1 is 1.04 bits per heavy atom. The Morgan fingerprint density at radius 3 is 2.67 bits per heavy atom. The van der Waals surface area contributed by atoms with Crippen LogP contribution >= 0.6 is 0 Å². The van der Waals surface area contributed by atoms with Crippen LogP contribution in [-0.4, -0.2) is 60.0 Å². The second-order valence-corrected chi connectivity index (χ2v) is 7.40. The predicted molar refractivity (Wildman–Crippen MR) is 104 cm³/mol. The van der Waals surface area contributed by atoms with Gasteiger partial charge >= 0.3 is 0 Å². The number of morpholine rings is 1. The Kier molecular flexibility index (Phi) is 5.80. The maximum atomic E-state index is 12.6. The van der Waals surface area contributed by atoms with E-state index in [1.54, 1.807) is 0 Å². The lowest BCUT2D eigenvalue weighted by Crippen LogP contribution is -2.46. The SMILES string of the molecule is O=C(CN1CCCC1)N1CCOC(c2cccc(Cc3ccccc3)n2)C1. The lowest BCUT2D eigenvalue weighted by atomic mass is 10.1. The fourth-order valence-electron chi connectivity index (χ4n) is 3.87. The van der Waals surface area contributed by atoms with E-state index in [9.17, 15) is 4.79 Å². The topological polar surface area (TPSA) is 45.7 Å². The van der Waals surface area contributed by atoms with Crippen LogP contribution in [0.15, 0.2) is 48.5 Å². The molecule has 1 unspecified atom stereocenters. The second kappa shape index (κ2) is 8.63. The molecule has 4 rings (SSSR count). The van der Waals surface area contributed by atoms with Gasteiger partial charge in [-0.2, -0.15) is 0 Å². The van der Waals surface area contributed by atoms with Gasteiger partial charge in [0.25, 0.3) is 0 Å². The van der Waals surface area contributed by atoms with E-state index < -0.39 is 0 Å². The van der Waals surface area contributed by atoms with Gasteiger partial charge in [0.15, 0.2) is 0 Å². The molecule has 0 aliphatic carbocycles. The first-order valence-electron chi connectivity index (χ1n) is 9.89. The standard InChI is InChI=1S/C22H27N3O2/c26-22(17-24-11-4-5-12-24)25-13-14-27-21(16-25)20-10-6-9-19(23-20)15-18-7-2-1-3-8-18/h1-3,6-10,21H,4-5,11-17H2. The Hall–Kier alpha value is -2.24. The van der Waals surface area contributed by atoms with Gasteiger partial charge in [-0.3, -0.25) is 14.7 Å². The molecule has 1 amide bonds. The average molecular weight is 365 g/mol. The van der Waals surface area contributed by atoms with Crippen LogP contribution in [-0.2, 0) is 16.0 Å². The van der Waals surface area contributed by atoms with Crippen molar-refractivity contribution in [3.8, 4) is 0 Å². The van der Waals surface area contributed by atoms with Gasteiger partial charge in [-0.25, -0.2) is 0 Å². The third-order valence-electron chi connectivity index (χ3n) is 5.36. The Morgan fingerprint density at radius 2 is 1.85 bits per heavy atom. The Balaban J connectivity index is 1.40. The van der Waals surface area contributed by atoms with E-state index in [2.05, 4.69) is 23.1 Å². The number of nitrogens with zero attached hydrogens (tertiary/aromatic N) is 3. The summed E-state index contributed by atoms with van der Waals surface area (Å²) in [5.41, 5.74) is 3.19. The number of amides is 1. The smallest absolute Gasteiger partial charge is 0.236 e. The van der Waals surface area contributed by atoms with Crippen LogP contribution in [0, 0.1) is 0 Å². The van der Waals surface area contributed by atoms with Gasteiger partial charge in [-0.15, -0.1) is 0 Å². The van der Waals surface area contributed by atoms with Crippen molar-refractivity contribution >= 4 is 5.91 Å². The van der Waals surface area contributed by atoms with Gasteiger partial charge in [0.1, 0.15) is 6.10 Å². The van der Waals surface area contributed by atoms with Crippen molar-refractivity contribution in [2.45, 2.75) is 25.4 Å². The third kappa shape index (κ3) is 4.73. The van der Waals surface area contributed by atoms with E-state index in [1.807, 2.05) is 35.2 Å². The van der Waals surface area contributed by atoms with Crippen LogP contribution in [0.4, 0.5) is 0 Å². The molecule has 0 bridgehead atoms. The van der Waals surface area contributed by atoms with Crippen molar-refractivity contribution in [3.63, 3.8) is 0 Å². The minimum atomic E-state index is -0.142. The van der Waals surface area contributed by atoms with E-state index >= 15 is 0 Å². The minimum Gasteiger partial charge on any atom is -0.368 e. The van der Waals surface area contributed by atoms with E-state index in [0.717, 1.165) is 30.9 Å². The van der Waals surface area contributed by atoms with Crippen LogP contribution in [0.1, 0.15) is 35.9 Å². The molecule has 27 heavy (non-hydrogen) atoms. The molecule has 2 saturated heterocycles. The summed E-state index contributed by atoms with van der Waals surface area (Å²) < 4.78 is 5.95. The maximum absolute atomic E-state index is 12.6. The molecule has 5 heteroatoms. The monoisotopic (exact) mass is 365 g/mol. The second-order valence-electron chi connectivity index (χ2n) is 7.40. The first-order chi connectivity index (χ1) is 13.3. The van der Waals surface area contributed by atoms with Crippen LogP contribution in [0.25, 0.3) is 0 Å². The molecule has 1 aromatic carbocycles. The van der Waals surface area contributed by atoms with E-state index in [0.29, 0.717) is 26.2 Å². The number of rotatable bonds is 5. The Bertz CT molecular complexity index is 759. The van der Waals surface area contributed by atoms with Crippen molar-refractivity contribution in [1.29, 1.82) is 0 Å². The number of carbonyl (C=O) groups excluding carboxylic acids is 1. The molecule has 3 heterocycles. The van der Waals surface area contributed by atoms with Gasteiger partial charge in [-0.1, -0.05) is 36.4 Å². The summed E-state index contributed by atoms with van der Waals surface area (Å²) in [7, 11) is 0. The van der Waals surface area contributed by atoms with Gasteiger partial charge < -0.3 is 9.64 Å². The highest BCUT2D eigenvalue weighted by atomic mass is 16.5. The normalized spacial score (nSPS) is 20.7. The fourth-order valence-corrected chi connectivity index (χ4v) is 3.87. The highest BCUT2D eigenvalue weighted by Crippen LogP contribution is 2.22. The molecule has 2 fully saturated rings. The van der Waals surface area contributed by atoms with Crippen LogP contribution in [0.5, 0.6) is 0 Å². The van der Waals surface area contributed by atoms with Gasteiger partial charge in [0, 0.05) is 18.7 Å². The molecule has 0 spiro atoms. The van der Waals surface area contributed by atoms with Crippen molar-refractivity contribution in [2.24, 2.45) is 0 Å². The molecule has 2 aliphatic rings. The van der Waals surface area contributed by atoms with Crippen molar-refractivity contribution in [2.75, 3.05) is 39.3 Å². The molecular weight excluding hydrogens is 338 g/mol. The van der Waals surface area contributed by atoms with E-state index in [4.69, 9.17) is 9.72 Å². The molecule has 0 saturated carbocycles. The zero-order chi connectivity index (χ0) is 18.5. The zero-order valence-corrected chi connectivity index (χ0v) is 15.7. The van der Waals surface area contributed by atoms with Crippen molar-refractivity contribution in [3.05, 3.63) is 65.5 Å². The summed E-state index contributed by atoms with van der Waals surface area (Å²) >= 11 is 0. The van der Waals surface area contributed by atoms with Crippen molar-refractivity contribution < 1.29 is 9.53 Å². The summed E-state index contributed by atoms with van der Waals surface area (Å²) in [6, 6.07) is 16.4. The molecule has 0 radical (unpaired) electrons. The zero-order valence-electron chi connectivity index (χ0n) is 15.7. The highest BCUT2D eigenvalue weighted by molar-refractivity contribution is 5.78. The number of carbonyl (C=O) groups is 1. The number of pyridine rings is 1. The number of likely N-dealkylation sites (tertiary alicyclic amines) is 1. The number of aromatic nitrogens is 1. The molecule has 1 aromatic heterocycles. The maximum Gasteiger partial charge on any atom is 0.236 e. The molecule has 2 aromatic rings.